The highest BCUT2D eigenvalue weighted by molar-refractivity contribution is 5.73. The number of terminal acetylenes is 1. The van der Waals surface area contributed by atoms with Crippen molar-refractivity contribution < 1.29 is 28.8 Å². The summed E-state index contributed by atoms with van der Waals surface area (Å²) in [6.45, 7) is 1.58. The number of hydrogen-bond donors (Lipinski definition) is 2. The van der Waals surface area contributed by atoms with E-state index in [1.165, 1.54) is 6.92 Å². The van der Waals surface area contributed by atoms with Gasteiger partial charge in [0.2, 0.25) is 5.91 Å². The molecular weight excluding hydrogens is 326 g/mol. The normalized spacial score (nSPS) is 34.6. The molecule has 2 fully saturated rings. The molecule has 0 radical (unpaired) electrons. The van der Waals surface area contributed by atoms with Crippen molar-refractivity contribution in [2.75, 3.05) is 13.2 Å². The Labute approximate surface area is 146 Å². The Hall–Kier alpha value is -1.95. The molecule has 2 aliphatic heterocycles. The lowest BCUT2D eigenvalue weighted by atomic mass is 9.95. The molecule has 0 saturated carbocycles. The molecule has 25 heavy (non-hydrogen) atoms. The van der Waals surface area contributed by atoms with Crippen LogP contribution in [0.25, 0.3) is 0 Å². The van der Waals surface area contributed by atoms with E-state index in [-0.39, 0.29) is 19.1 Å². The van der Waals surface area contributed by atoms with Crippen LogP contribution in [0.5, 0.6) is 0 Å². The fraction of sp³-hybridized carbons (Fsp3) is 0.500. The lowest BCUT2D eigenvalue weighted by Crippen LogP contribution is -2.66. The Morgan fingerprint density at radius 2 is 2.16 bits per heavy atom. The van der Waals surface area contributed by atoms with Crippen LogP contribution in [-0.2, 0) is 23.7 Å². The molecule has 0 spiro atoms. The second kappa shape index (κ2) is 7.95. The smallest absolute Gasteiger partial charge is 0.217 e. The number of aliphatic hydroxyl groups excluding tert-OH is 1. The van der Waals surface area contributed by atoms with E-state index in [9.17, 15) is 9.90 Å². The molecule has 7 heteroatoms. The highest BCUT2D eigenvalue weighted by Crippen LogP contribution is 2.34. The predicted octanol–water partition coefficient (Wildman–Crippen LogP) is 0.341. The third-order valence-corrected chi connectivity index (χ3v) is 4.14. The van der Waals surface area contributed by atoms with Crippen molar-refractivity contribution in [3.63, 3.8) is 0 Å². The van der Waals surface area contributed by atoms with Gasteiger partial charge in [0.05, 0.1) is 6.61 Å². The molecular formula is C18H21NO6. The topological polar surface area (TPSA) is 86.2 Å². The summed E-state index contributed by atoms with van der Waals surface area (Å²) in [6.07, 6.45) is 1.51. The molecule has 2 saturated heterocycles. The molecule has 7 nitrogen and oxygen atoms in total. The van der Waals surface area contributed by atoms with Gasteiger partial charge in [-0.1, -0.05) is 36.3 Å². The Balaban J connectivity index is 1.75. The van der Waals surface area contributed by atoms with E-state index in [0.717, 1.165) is 5.56 Å². The Bertz CT molecular complexity index is 630. The number of hydrogen-bond acceptors (Lipinski definition) is 6. The largest absolute Gasteiger partial charge is 0.388 e. The third-order valence-electron chi connectivity index (χ3n) is 4.14. The number of fused-ring (bicyclic) bond motifs is 1. The second-order valence-corrected chi connectivity index (χ2v) is 5.95. The van der Waals surface area contributed by atoms with Crippen molar-refractivity contribution in [2.45, 2.75) is 43.9 Å². The molecule has 0 bridgehead atoms. The van der Waals surface area contributed by atoms with E-state index in [2.05, 4.69) is 11.2 Å². The van der Waals surface area contributed by atoms with Crippen LogP contribution in [-0.4, -0.2) is 54.9 Å². The summed E-state index contributed by atoms with van der Waals surface area (Å²) in [5.41, 5.74) is 0.843. The van der Waals surface area contributed by atoms with Gasteiger partial charge in [0.25, 0.3) is 0 Å². The van der Waals surface area contributed by atoms with Gasteiger partial charge in [-0.05, 0) is 0 Å². The summed E-state index contributed by atoms with van der Waals surface area (Å²) in [6, 6.07) is 8.63. The highest BCUT2D eigenvalue weighted by atomic mass is 16.7. The number of rotatable bonds is 4. The van der Waals surface area contributed by atoms with Crippen LogP contribution in [0.1, 0.15) is 18.8 Å². The number of amides is 1. The van der Waals surface area contributed by atoms with Crippen molar-refractivity contribution in [3.8, 4) is 12.3 Å². The number of aliphatic hydroxyl groups is 1. The lowest BCUT2D eigenvalue weighted by Gasteiger charge is -2.47. The Kier molecular flexibility index (Phi) is 5.68. The monoisotopic (exact) mass is 347 g/mol. The summed E-state index contributed by atoms with van der Waals surface area (Å²) in [5.74, 6) is 2.03. The van der Waals surface area contributed by atoms with Crippen molar-refractivity contribution in [1.82, 2.24) is 5.32 Å². The Morgan fingerprint density at radius 3 is 2.84 bits per heavy atom. The van der Waals surface area contributed by atoms with Gasteiger partial charge in [0.1, 0.15) is 31.0 Å². The van der Waals surface area contributed by atoms with Gasteiger partial charge in [-0.15, -0.1) is 6.42 Å². The summed E-state index contributed by atoms with van der Waals surface area (Å²) >= 11 is 0. The van der Waals surface area contributed by atoms with Gasteiger partial charge >= 0.3 is 0 Å². The second-order valence-electron chi connectivity index (χ2n) is 5.95. The maximum Gasteiger partial charge on any atom is 0.217 e. The maximum atomic E-state index is 11.5. The van der Waals surface area contributed by atoms with Gasteiger partial charge in [-0.2, -0.15) is 0 Å². The summed E-state index contributed by atoms with van der Waals surface area (Å²) in [5, 5.41) is 13.4. The molecule has 2 N–H and O–H groups in total. The standard InChI is InChI=1S/C18H21NO6/c1-3-9-22-18-14(19-11(2)20)15(21)16-13(24-18)10-23-17(25-16)12-7-5-4-6-8-12/h1,4-8,13-18,21H,9-10H2,2H3,(H,19,20)/t13-,14+,15+,16-,17-,18-/m1/s1. The molecule has 1 amide bonds. The molecule has 0 unspecified atom stereocenters. The number of nitrogens with one attached hydrogen (secondary N) is 1. The van der Waals surface area contributed by atoms with Crippen molar-refractivity contribution in [2.24, 2.45) is 0 Å². The van der Waals surface area contributed by atoms with Crippen LogP contribution in [0.3, 0.4) is 0 Å². The van der Waals surface area contributed by atoms with Crippen molar-refractivity contribution in [3.05, 3.63) is 35.9 Å². The molecule has 2 heterocycles. The molecule has 1 aromatic carbocycles. The van der Waals surface area contributed by atoms with Crippen LogP contribution in [0.2, 0.25) is 0 Å². The highest BCUT2D eigenvalue weighted by Gasteiger charge is 2.50. The quantitative estimate of drug-likeness (QED) is 0.764. The zero-order valence-corrected chi connectivity index (χ0v) is 13.8. The average molecular weight is 347 g/mol. The molecule has 1 aromatic rings. The number of benzene rings is 1. The van der Waals surface area contributed by atoms with Crippen LogP contribution < -0.4 is 5.32 Å². The average Bonchev–Trinajstić information content (AvgIpc) is 2.63. The first kappa shape index (κ1) is 17.9. The summed E-state index contributed by atoms with van der Waals surface area (Å²) in [7, 11) is 0. The van der Waals surface area contributed by atoms with Gasteiger partial charge in [-0.3, -0.25) is 4.79 Å². The summed E-state index contributed by atoms with van der Waals surface area (Å²) < 4.78 is 22.9. The summed E-state index contributed by atoms with van der Waals surface area (Å²) in [4.78, 5) is 11.5. The van der Waals surface area contributed by atoms with E-state index < -0.39 is 36.9 Å². The van der Waals surface area contributed by atoms with E-state index in [1.807, 2.05) is 30.3 Å². The first-order valence-corrected chi connectivity index (χ1v) is 8.08. The molecule has 0 aliphatic carbocycles. The van der Waals surface area contributed by atoms with E-state index in [4.69, 9.17) is 25.4 Å². The van der Waals surface area contributed by atoms with E-state index in [1.54, 1.807) is 0 Å². The number of ether oxygens (including phenoxy) is 4. The minimum absolute atomic E-state index is 0.000781. The first-order valence-electron chi connectivity index (χ1n) is 8.08. The van der Waals surface area contributed by atoms with E-state index in [0.29, 0.717) is 0 Å². The van der Waals surface area contributed by atoms with Crippen molar-refractivity contribution >= 4 is 5.91 Å². The van der Waals surface area contributed by atoms with Crippen molar-refractivity contribution in [1.29, 1.82) is 0 Å². The minimum Gasteiger partial charge on any atom is -0.388 e. The predicted molar refractivity (Wildman–Crippen MR) is 87.1 cm³/mol. The third kappa shape index (κ3) is 4.00. The number of carbonyl (C=O) groups is 1. The lowest BCUT2D eigenvalue weighted by molar-refractivity contribution is -0.342. The first-order chi connectivity index (χ1) is 12.1. The molecule has 2 aliphatic rings. The molecule has 3 rings (SSSR count). The zero-order valence-electron chi connectivity index (χ0n) is 13.8. The zero-order chi connectivity index (χ0) is 17.8. The Morgan fingerprint density at radius 1 is 1.40 bits per heavy atom. The molecule has 134 valence electrons. The van der Waals surface area contributed by atoms with Crippen LogP contribution in [0.4, 0.5) is 0 Å². The molecule has 6 atom stereocenters. The van der Waals surface area contributed by atoms with Gasteiger partial charge in [0, 0.05) is 12.5 Å². The SMILES string of the molecule is C#CCO[C@@H]1O[C@@H]2CO[C@@H](c3ccccc3)O[C@H]2[C@@H](O)[C@@H]1NC(C)=O. The van der Waals surface area contributed by atoms with E-state index >= 15 is 0 Å². The maximum absolute atomic E-state index is 11.5. The fourth-order valence-corrected chi connectivity index (χ4v) is 3.03. The van der Waals surface area contributed by atoms with Crippen LogP contribution in [0.15, 0.2) is 30.3 Å². The van der Waals surface area contributed by atoms with Gasteiger partial charge in [-0.25, -0.2) is 0 Å². The molecule has 0 aromatic heterocycles. The minimum atomic E-state index is -1.03. The van der Waals surface area contributed by atoms with Gasteiger partial charge < -0.3 is 29.4 Å². The van der Waals surface area contributed by atoms with Crippen LogP contribution >= 0.6 is 0 Å². The fourth-order valence-electron chi connectivity index (χ4n) is 3.03. The van der Waals surface area contributed by atoms with Crippen LogP contribution in [0, 0.1) is 12.3 Å². The van der Waals surface area contributed by atoms with Gasteiger partial charge in [0.15, 0.2) is 12.6 Å². The number of carbonyl (C=O) groups excluding carboxylic acids is 1.